The highest BCUT2D eigenvalue weighted by atomic mass is 35.5. The maximum Gasteiger partial charge on any atom is 0.344 e. The van der Waals surface area contributed by atoms with Gasteiger partial charge in [-0.05, 0) is 31.2 Å². The van der Waals surface area contributed by atoms with Crippen molar-refractivity contribution < 1.29 is 19.1 Å². The van der Waals surface area contributed by atoms with Gasteiger partial charge in [0, 0.05) is 28.3 Å². The van der Waals surface area contributed by atoms with E-state index < -0.39 is 16.9 Å². The van der Waals surface area contributed by atoms with Gasteiger partial charge in [0.05, 0.1) is 5.69 Å². The zero-order chi connectivity index (χ0) is 19.2. The Morgan fingerprint density at radius 1 is 1.22 bits per heavy atom. The summed E-state index contributed by atoms with van der Waals surface area (Å²) < 4.78 is 5.53. The van der Waals surface area contributed by atoms with Crippen LogP contribution in [0.25, 0.3) is 0 Å². The summed E-state index contributed by atoms with van der Waals surface area (Å²) in [6, 6.07) is 13.9. The number of anilines is 1. The molecule has 0 radical (unpaired) electrons. The molecule has 0 spiro atoms. The van der Waals surface area contributed by atoms with Gasteiger partial charge in [0.1, 0.15) is 0 Å². The van der Waals surface area contributed by atoms with E-state index >= 15 is 0 Å². The normalized spacial score (nSPS) is 21.6. The number of carbonyl (C=O) groups is 3. The number of halogens is 1. The standard InChI is InChI=1S/C20H16ClNO4S/c1-12(18(24)13-5-4-6-14(21)11-13)26-19(25)20-10-9-17(23)22(20)15-7-2-3-8-16(15)27-20/h2-8,11-12H,9-10H2,1H3/t12-,20-/m1/s1. The van der Waals surface area contributed by atoms with E-state index in [0.717, 1.165) is 10.6 Å². The molecule has 7 heteroatoms. The lowest BCUT2D eigenvalue weighted by Gasteiger charge is -2.29. The first-order valence-corrected chi connectivity index (χ1v) is 9.74. The minimum atomic E-state index is -1.14. The van der Waals surface area contributed by atoms with Crippen molar-refractivity contribution in [2.75, 3.05) is 4.90 Å². The first-order chi connectivity index (χ1) is 12.9. The maximum atomic E-state index is 13.1. The zero-order valence-electron chi connectivity index (χ0n) is 14.5. The fourth-order valence-corrected chi connectivity index (χ4v) is 5.05. The SMILES string of the molecule is C[C@@H](OC(=O)[C@]12CCC(=O)N1c1ccccc1S2)C(=O)c1cccc(Cl)c1. The molecule has 0 N–H and O–H groups in total. The molecule has 4 rings (SSSR count). The summed E-state index contributed by atoms with van der Waals surface area (Å²) in [5.41, 5.74) is 1.10. The van der Waals surface area contributed by atoms with Crippen molar-refractivity contribution in [1.82, 2.24) is 0 Å². The molecule has 1 amide bonds. The highest BCUT2D eigenvalue weighted by Gasteiger charge is 2.58. The van der Waals surface area contributed by atoms with Crippen molar-refractivity contribution in [1.29, 1.82) is 0 Å². The van der Waals surface area contributed by atoms with Crippen LogP contribution in [-0.2, 0) is 14.3 Å². The molecule has 0 saturated carbocycles. The van der Waals surface area contributed by atoms with E-state index in [1.807, 2.05) is 24.3 Å². The summed E-state index contributed by atoms with van der Waals surface area (Å²) in [5, 5.41) is 0.437. The highest BCUT2D eigenvalue weighted by Crippen LogP contribution is 2.56. The van der Waals surface area contributed by atoms with Crippen molar-refractivity contribution in [3.8, 4) is 0 Å². The lowest BCUT2D eigenvalue weighted by molar-refractivity contribution is -0.149. The van der Waals surface area contributed by atoms with Crippen LogP contribution in [0.15, 0.2) is 53.4 Å². The fraction of sp³-hybridized carbons (Fsp3) is 0.250. The molecule has 2 heterocycles. The van der Waals surface area contributed by atoms with Crippen LogP contribution >= 0.6 is 23.4 Å². The molecule has 2 atom stereocenters. The molecule has 0 bridgehead atoms. The van der Waals surface area contributed by atoms with Crippen LogP contribution < -0.4 is 4.90 Å². The molecule has 2 aromatic rings. The van der Waals surface area contributed by atoms with Crippen molar-refractivity contribution >= 4 is 46.7 Å². The molecule has 1 saturated heterocycles. The Bertz CT molecular complexity index is 963. The third kappa shape index (κ3) is 2.93. The zero-order valence-corrected chi connectivity index (χ0v) is 16.0. The van der Waals surface area contributed by atoms with Gasteiger partial charge >= 0.3 is 5.97 Å². The monoisotopic (exact) mass is 401 g/mol. The molecule has 2 aliphatic rings. The quantitative estimate of drug-likeness (QED) is 0.570. The van der Waals surface area contributed by atoms with E-state index in [4.69, 9.17) is 16.3 Å². The number of hydrogen-bond donors (Lipinski definition) is 0. The topological polar surface area (TPSA) is 63.7 Å². The van der Waals surface area contributed by atoms with Crippen LogP contribution in [0.4, 0.5) is 5.69 Å². The summed E-state index contributed by atoms with van der Waals surface area (Å²) in [6.45, 7) is 1.53. The number of para-hydroxylation sites is 1. The van der Waals surface area contributed by atoms with Gasteiger partial charge in [-0.25, -0.2) is 4.79 Å². The Morgan fingerprint density at radius 2 is 2.00 bits per heavy atom. The van der Waals surface area contributed by atoms with Crippen molar-refractivity contribution in [3.05, 3.63) is 59.1 Å². The second-order valence-electron chi connectivity index (χ2n) is 6.51. The number of esters is 1. The van der Waals surface area contributed by atoms with Crippen LogP contribution in [0.5, 0.6) is 0 Å². The van der Waals surface area contributed by atoms with E-state index in [9.17, 15) is 14.4 Å². The van der Waals surface area contributed by atoms with E-state index in [1.165, 1.54) is 29.7 Å². The van der Waals surface area contributed by atoms with E-state index in [1.54, 1.807) is 18.2 Å². The number of thioether (sulfide) groups is 1. The fourth-order valence-electron chi connectivity index (χ4n) is 3.45. The third-order valence-corrected chi connectivity index (χ3v) is 6.45. The van der Waals surface area contributed by atoms with Crippen molar-refractivity contribution in [3.63, 3.8) is 0 Å². The van der Waals surface area contributed by atoms with E-state index in [-0.39, 0.29) is 18.1 Å². The molecule has 5 nitrogen and oxygen atoms in total. The van der Waals surface area contributed by atoms with E-state index in [0.29, 0.717) is 17.0 Å². The predicted octanol–water partition coefficient (Wildman–Crippen LogP) is 4.08. The number of ketones is 1. The number of nitrogens with zero attached hydrogens (tertiary/aromatic N) is 1. The summed E-state index contributed by atoms with van der Waals surface area (Å²) in [7, 11) is 0. The van der Waals surface area contributed by atoms with Crippen LogP contribution in [0.1, 0.15) is 30.1 Å². The second kappa shape index (κ2) is 6.69. The highest BCUT2D eigenvalue weighted by molar-refractivity contribution is 8.02. The number of rotatable bonds is 4. The Balaban J connectivity index is 1.58. The summed E-state index contributed by atoms with van der Waals surface area (Å²) in [5.74, 6) is -1.02. The molecule has 0 unspecified atom stereocenters. The van der Waals surface area contributed by atoms with Gasteiger partial charge in [0.25, 0.3) is 0 Å². The lowest BCUT2D eigenvalue weighted by atomic mass is 10.1. The van der Waals surface area contributed by atoms with Crippen LogP contribution in [0.2, 0.25) is 5.02 Å². The lowest BCUT2D eigenvalue weighted by Crippen LogP contribution is -2.49. The van der Waals surface area contributed by atoms with Gasteiger partial charge in [-0.2, -0.15) is 0 Å². The molecule has 1 fully saturated rings. The Kier molecular flexibility index (Phi) is 4.48. The molecule has 0 aliphatic carbocycles. The van der Waals surface area contributed by atoms with Crippen molar-refractivity contribution in [2.45, 2.75) is 35.6 Å². The average Bonchev–Trinajstić information content (AvgIpc) is 3.17. The van der Waals surface area contributed by atoms with Crippen LogP contribution in [0, 0.1) is 0 Å². The Labute approximate surface area is 165 Å². The van der Waals surface area contributed by atoms with Crippen LogP contribution in [-0.4, -0.2) is 28.6 Å². The molecule has 27 heavy (non-hydrogen) atoms. The molecule has 138 valence electrons. The average molecular weight is 402 g/mol. The molecule has 0 aromatic heterocycles. The number of carbonyl (C=O) groups excluding carboxylic acids is 3. The number of Topliss-reactive ketones (excluding diaryl/α,β-unsaturated/α-hetero) is 1. The number of fused-ring (bicyclic) bond motifs is 3. The maximum absolute atomic E-state index is 13.1. The van der Waals surface area contributed by atoms with Gasteiger partial charge in [-0.3, -0.25) is 14.5 Å². The van der Waals surface area contributed by atoms with E-state index in [2.05, 4.69) is 0 Å². The first-order valence-electron chi connectivity index (χ1n) is 8.54. The van der Waals surface area contributed by atoms with Gasteiger partial charge in [-0.1, -0.05) is 47.6 Å². The van der Waals surface area contributed by atoms with Gasteiger partial charge in [-0.15, -0.1) is 0 Å². The predicted molar refractivity (Wildman–Crippen MR) is 103 cm³/mol. The number of hydrogen-bond acceptors (Lipinski definition) is 5. The minimum Gasteiger partial charge on any atom is -0.452 e. The summed E-state index contributed by atoms with van der Waals surface area (Å²) >= 11 is 7.25. The minimum absolute atomic E-state index is 0.113. The number of benzene rings is 2. The largest absolute Gasteiger partial charge is 0.452 e. The van der Waals surface area contributed by atoms with Gasteiger partial charge < -0.3 is 4.74 Å². The number of ether oxygens (including phenoxy) is 1. The van der Waals surface area contributed by atoms with Crippen molar-refractivity contribution in [2.24, 2.45) is 0 Å². The number of amides is 1. The van der Waals surface area contributed by atoms with Gasteiger partial charge in [0.2, 0.25) is 11.7 Å². The first kappa shape index (κ1) is 18.1. The molecular weight excluding hydrogens is 386 g/mol. The smallest absolute Gasteiger partial charge is 0.344 e. The molecule has 2 aliphatic heterocycles. The second-order valence-corrected chi connectivity index (χ2v) is 8.26. The Hall–Kier alpha value is -2.31. The van der Waals surface area contributed by atoms with Gasteiger partial charge in [0.15, 0.2) is 11.0 Å². The van der Waals surface area contributed by atoms with Crippen LogP contribution in [0.3, 0.4) is 0 Å². The summed E-state index contributed by atoms with van der Waals surface area (Å²) in [6.07, 6.45) is -0.359. The molecule has 2 aromatic carbocycles. The summed E-state index contributed by atoms with van der Waals surface area (Å²) in [4.78, 5) is 39.3. The third-order valence-electron chi connectivity index (χ3n) is 4.75. The Morgan fingerprint density at radius 3 is 2.78 bits per heavy atom. The molecular formula is C20H16ClNO4S.